The van der Waals surface area contributed by atoms with E-state index in [0.717, 1.165) is 38.2 Å². The fraction of sp³-hybridized carbons (Fsp3) is 0.240. The molecule has 0 saturated heterocycles. The molecule has 0 fully saturated rings. The van der Waals surface area contributed by atoms with Crippen molar-refractivity contribution in [3.05, 3.63) is 77.0 Å². The number of fused-ring (bicyclic) bond motifs is 3. The number of amides is 3. The number of hydrogen-bond donors (Lipinski definition) is 2. The van der Waals surface area contributed by atoms with Gasteiger partial charge in [-0.2, -0.15) is 0 Å². The number of rotatable bonds is 6. The van der Waals surface area contributed by atoms with E-state index < -0.39 is 11.8 Å². The minimum absolute atomic E-state index is 0.205. The predicted molar refractivity (Wildman–Crippen MR) is 124 cm³/mol. The zero-order chi connectivity index (χ0) is 23.5. The standard InChI is InChI=1S/C25H26N4O4/c1-27-14-20(25(32)28(2)16-30)24-19-5-3-4-6-21(19)29(22(24)15-27)13-18-9-7-17(8-10-18)11-12-23(31)26-33/h3-12,16,20,33H,13-15H2,1-2H3,(H,26,31)/b12-11+. The van der Waals surface area contributed by atoms with Crippen LogP contribution in [-0.2, 0) is 27.5 Å². The van der Waals surface area contributed by atoms with E-state index in [-0.39, 0.29) is 5.91 Å². The Bertz CT molecular complexity index is 1230. The van der Waals surface area contributed by atoms with Gasteiger partial charge in [0.1, 0.15) is 0 Å². The van der Waals surface area contributed by atoms with Crippen molar-refractivity contribution in [2.24, 2.45) is 0 Å². The van der Waals surface area contributed by atoms with Crippen LogP contribution < -0.4 is 5.48 Å². The average Bonchev–Trinajstić information content (AvgIpc) is 3.15. The lowest BCUT2D eigenvalue weighted by atomic mass is 9.91. The molecule has 2 aromatic carbocycles. The molecule has 1 aliphatic rings. The number of hydrogen-bond acceptors (Lipinski definition) is 5. The van der Waals surface area contributed by atoms with Gasteiger partial charge in [0.05, 0.1) is 5.92 Å². The highest BCUT2D eigenvalue weighted by molar-refractivity contribution is 5.97. The van der Waals surface area contributed by atoms with Crippen LogP contribution in [0.1, 0.15) is 28.3 Å². The first kappa shape index (κ1) is 22.4. The molecule has 3 amide bonds. The molecule has 8 nitrogen and oxygen atoms in total. The van der Waals surface area contributed by atoms with Gasteiger partial charge in [-0.1, -0.05) is 42.5 Å². The topological polar surface area (TPSA) is 94.9 Å². The Morgan fingerprint density at radius 3 is 2.61 bits per heavy atom. The number of carbonyl (C=O) groups is 3. The van der Waals surface area contributed by atoms with Crippen LogP contribution in [0.2, 0.25) is 0 Å². The number of nitrogens with one attached hydrogen (secondary N) is 1. The van der Waals surface area contributed by atoms with Crippen LogP contribution >= 0.6 is 0 Å². The second kappa shape index (κ2) is 9.40. The Morgan fingerprint density at radius 2 is 1.91 bits per heavy atom. The van der Waals surface area contributed by atoms with E-state index in [1.54, 1.807) is 11.6 Å². The van der Waals surface area contributed by atoms with Crippen LogP contribution in [0.15, 0.2) is 54.6 Å². The summed E-state index contributed by atoms with van der Waals surface area (Å²) in [5.41, 5.74) is 6.60. The van der Waals surface area contributed by atoms with Gasteiger partial charge in [0, 0.05) is 49.4 Å². The lowest BCUT2D eigenvalue weighted by molar-refractivity contribution is -0.138. The van der Waals surface area contributed by atoms with E-state index in [1.165, 1.54) is 13.1 Å². The minimum Gasteiger partial charge on any atom is -0.339 e. The predicted octanol–water partition coefficient (Wildman–Crippen LogP) is 2.35. The first-order valence-electron chi connectivity index (χ1n) is 10.6. The molecule has 1 atom stereocenters. The molecule has 4 rings (SSSR count). The molecular weight excluding hydrogens is 420 g/mol. The van der Waals surface area contributed by atoms with Crippen LogP contribution in [-0.4, -0.2) is 58.4 Å². The van der Waals surface area contributed by atoms with Crippen molar-refractivity contribution in [2.45, 2.75) is 19.0 Å². The summed E-state index contributed by atoms with van der Waals surface area (Å²) >= 11 is 0. The second-order valence-corrected chi connectivity index (χ2v) is 8.32. The van der Waals surface area contributed by atoms with Gasteiger partial charge in [0.25, 0.3) is 5.91 Å². The highest BCUT2D eigenvalue weighted by atomic mass is 16.5. The molecule has 33 heavy (non-hydrogen) atoms. The monoisotopic (exact) mass is 446 g/mol. The molecular formula is C25H26N4O4. The van der Waals surface area contributed by atoms with E-state index in [2.05, 4.69) is 15.5 Å². The molecule has 1 aliphatic heterocycles. The van der Waals surface area contributed by atoms with Gasteiger partial charge < -0.3 is 4.57 Å². The molecule has 0 bridgehead atoms. The molecule has 1 unspecified atom stereocenters. The zero-order valence-corrected chi connectivity index (χ0v) is 18.6. The highest BCUT2D eigenvalue weighted by Gasteiger charge is 2.35. The maximum absolute atomic E-state index is 13.0. The van der Waals surface area contributed by atoms with Gasteiger partial charge in [-0.3, -0.25) is 29.4 Å². The molecule has 0 radical (unpaired) electrons. The number of imide groups is 1. The molecule has 0 saturated carbocycles. The Hall–Kier alpha value is -3.75. The van der Waals surface area contributed by atoms with Crippen LogP contribution in [0.4, 0.5) is 0 Å². The molecule has 170 valence electrons. The number of aromatic nitrogens is 1. The van der Waals surface area contributed by atoms with Gasteiger partial charge in [0.2, 0.25) is 12.3 Å². The second-order valence-electron chi connectivity index (χ2n) is 8.32. The summed E-state index contributed by atoms with van der Waals surface area (Å²) in [5.74, 6) is -1.20. The summed E-state index contributed by atoms with van der Waals surface area (Å²) in [5, 5.41) is 9.64. The van der Waals surface area contributed by atoms with Gasteiger partial charge >= 0.3 is 0 Å². The fourth-order valence-electron chi connectivity index (χ4n) is 4.47. The van der Waals surface area contributed by atoms with E-state index in [0.29, 0.717) is 26.0 Å². The molecule has 2 N–H and O–H groups in total. The number of likely N-dealkylation sites (N-methyl/N-ethyl adjacent to an activating group) is 2. The van der Waals surface area contributed by atoms with E-state index in [1.807, 2.05) is 49.5 Å². The fourth-order valence-corrected chi connectivity index (χ4v) is 4.47. The highest BCUT2D eigenvalue weighted by Crippen LogP contribution is 2.37. The van der Waals surface area contributed by atoms with Gasteiger partial charge in [-0.05, 0) is 35.9 Å². The third-order valence-corrected chi connectivity index (χ3v) is 6.05. The van der Waals surface area contributed by atoms with Crippen molar-refractivity contribution in [2.75, 3.05) is 20.6 Å². The van der Waals surface area contributed by atoms with Gasteiger partial charge in [0.15, 0.2) is 0 Å². The number of hydroxylamine groups is 1. The summed E-state index contributed by atoms with van der Waals surface area (Å²) in [6, 6.07) is 15.9. The number of nitrogens with zero attached hydrogens (tertiary/aromatic N) is 3. The number of benzene rings is 2. The molecule has 0 spiro atoms. The lowest BCUT2D eigenvalue weighted by Gasteiger charge is -2.31. The largest absolute Gasteiger partial charge is 0.339 e. The lowest BCUT2D eigenvalue weighted by Crippen LogP contribution is -2.40. The Morgan fingerprint density at radius 1 is 1.18 bits per heavy atom. The summed E-state index contributed by atoms with van der Waals surface area (Å²) in [7, 11) is 3.48. The van der Waals surface area contributed by atoms with Crippen molar-refractivity contribution in [1.82, 2.24) is 19.8 Å². The first-order valence-corrected chi connectivity index (χ1v) is 10.6. The molecule has 1 aromatic heterocycles. The third kappa shape index (κ3) is 4.44. The number of para-hydroxylation sites is 1. The molecule has 3 aromatic rings. The van der Waals surface area contributed by atoms with Crippen LogP contribution in [0, 0.1) is 0 Å². The van der Waals surface area contributed by atoms with Crippen LogP contribution in [0.25, 0.3) is 17.0 Å². The Balaban J connectivity index is 1.73. The maximum Gasteiger partial charge on any atom is 0.267 e. The third-order valence-electron chi connectivity index (χ3n) is 6.05. The number of carbonyl (C=O) groups excluding carboxylic acids is 3. The van der Waals surface area contributed by atoms with Gasteiger partial charge in [-0.15, -0.1) is 0 Å². The Kier molecular flexibility index (Phi) is 6.39. The SMILES string of the molecule is CN1Cc2c(c3ccccc3n2Cc2ccc(/C=C/C(=O)NO)cc2)C(C(=O)N(C)C=O)C1. The van der Waals surface area contributed by atoms with Gasteiger partial charge in [-0.25, -0.2) is 5.48 Å². The smallest absolute Gasteiger partial charge is 0.267 e. The van der Waals surface area contributed by atoms with E-state index in [4.69, 9.17) is 5.21 Å². The quantitative estimate of drug-likeness (QED) is 0.262. The van der Waals surface area contributed by atoms with Crippen molar-refractivity contribution in [3.8, 4) is 0 Å². The maximum atomic E-state index is 13.0. The normalized spacial score (nSPS) is 16.0. The average molecular weight is 447 g/mol. The van der Waals surface area contributed by atoms with Crippen molar-refractivity contribution < 1.29 is 19.6 Å². The summed E-state index contributed by atoms with van der Waals surface area (Å²) < 4.78 is 2.24. The molecule has 8 heteroatoms. The van der Waals surface area contributed by atoms with E-state index >= 15 is 0 Å². The summed E-state index contributed by atoms with van der Waals surface area (Å²) in [4.78, 5) is 38.7. The van der Waals surface area contributed by atoms with Crippen molar-refractivity contribution in [1.29, 1.82) is 0 Å². The molecule has 2 heterocycles. The van der Waals surface area contributed by atoms with E-state index in [9.17, 15) is 14.4 Å². The minimum atomic E-state index is -0.585. The summed E-state index contributed by atoms with van der Waals surface area (Å²) in [6.45, 7) is 1.88. The molecule has 0 aliphatic carbocycles. The zero-order valence-electron chi connectivity index (χ0n) is 18.6. The Labute approximate surface area is 191 Å². The van der Waals surface area contributed by atoms with Crippen molar-refractivity contribution >= 4 is 35.2 Å². The van der Waals surface area contributed by atoms with Crippen LogP contribution in [0.3, 0.4) is 0 Å². The van der Waals surface area contributed by atoms with Crippen molar-refractivity contribution in [3.63, 3.8) is 0 Å². The first-order chi connectivity index (χ1) is 15.9. The summed E-state index contributed by atoms with van der Waals surface area (Å²) in [6.07, 6.45) is 3.45. The van der Waals surface area contributed by atoms with Crippen LogP contribution in [0.5, 0.6) is 0 Å².